The van der Waals surface area contributed by atoms with Gasteiger partial charge in [-0.2, -0.15) is 28.6 Å². The van der Waals surface area contributed by atoms with Crippen molar-refractivity contribution < 1.29 is 27.2 Å². The van der Waals surface area contributed by atoms with Gasteiger partial charge in [0, 0.05) is 74.1 Å². The molecule has 0 aliphatic carbocycles. The lowest BCUT2D eigenvalue weighted by Gasteiger charge is -2.41. The molecule has 0 atom stereocenters. The number of fused-ring (bicyclic) bond motifs is 1. The second kappa shape index (κ2) is 19.0. The standard InChI is InChI=1S/C50H51F3N12O3/c51-50(52,53)36-12-10-34(11-13-36)29-62-26-21-49(33-55,22-27-62)65-31-41(44(56)66)45(60-65)58-38-14-16-39(17-15-38)59-47(67)42-32-64(61-46(42)57-37-7-2-1-3-8-37)48(18-23-54)19-24-63(25-20-48)30-40-28-35-6-4-5-9-43(35)68-40/h1-17,28,31-32H,18-22,24-27,29-30,33,55H2,(H2,56,66)(H,57,61)(H,58,60)(H,59,67). The van der Waals surface area contributed by atoms with Gasteiger partial charge in [0.05, 0.1) is 35.7 Å². The number of carbonyl (C=O) groups is 2. The molecule has 9 rings (SSSR count). The number of hydrogen-bond acceptors (Lipinski definition) is 11. The van der Waals surface area contributed by atoms with Gasteiger partial charge < -0.3 is 31.8 Å². The largest absolute Gasteiger partial charge is 0.460 e. The van der Waals surface area contributed by atoms with Crippen molar-refractivity contribution in [3.63, 3.8) is 0 Å². The average Bonchev–Trinajstić information content (AvgIpc) is 4.09. The molecule has 7 aromatic rings. The lowest BCUT2D eigenvalue weighted by Crippen LogP contribution is -2.50. The molecule has 68 heavy (non-hydrogen) atoms. The zero-order chi connectivity index (χ0) is 47.5. The van der Waals surface area contributed by atoms with Crippen molar-refractivity contribution in [2.24, 2.45) is 11.5 Å². The number of nitrogens with zero attached hydrogens (tertiary/aromatic N) is 7. The summed E-state index contributed by atoms with van der Waals surface area (Å²) in [6.45, 7) is 3.98. The molecule has 0 saturated carbocycles. The van der Waals surface area contributed by atoms with Crippen LogP contribution in [0, 0.1) is 11.3 Å². The van der Waals surface area contributed by atoms with Crippen LogP contribution in [0.15, 0.2) is 126 Å². The summed E-state index contributed by atoms with van der Waals surface area (Å²) < 4.78 is 48.8. The molecule has 2 aliphatic heterocycles. The summed E-state index contributed by atoms with van der Waals surface area (Å²) in [5, 5.41) is 30.4. The van der Waals surface area contributed by atoms with Crippen LogP contribution in [0.25, 0.3) is 11.0 Å². The third-order valence-electron chi connectivity index (χ3n) is 13.3. The molecule has 0 radical (unpaired) electrons. The summed E-state index contributed by atoms with van der Waals surface area (Å²) in [4.78, 5) is 31.3. The highest BCUT2D eigenvalue weighted by Gasteiger charge is 2.40. The Balaban J connectivity index is 0.876. The lowest BCUT2D eigenvalue weighted by molar-refractivity contribution is -0.137. The SMILES string of the molecule is N#CCC1(n2cc(C(=O)Nc3ccc(Nc4nn(C5(CN)CCN(Cc6ccc(C(F)(F)F)cc6)CC5)cc4C(N)=O)cc3)c(Nc3ccccc3)n2)CCN(Cc2cc3ccccc3o2)CC1. The summed E-state index contributed by atoms with van der Waals surface area (Å²) in [7, 11) is 0. The molecule has 2 saturated heterocycles. The van der Waals surface area contributed by atoms with E-state index in [-0.39, 0.29) is 24.3 Å². The summed E-state index contributed by atoms with van der Waals surface area (Å²) in [6, 6.07) is 33.9. The summed E-state index contributed by atoms with van der Waals surface area (Å²) >= 11 is 0. The van der Waals surface area contributed by atoms with Gasteiger partial charge in [0.1, 0.15) is 22.5 Å². The van der Waals surface area contributed by atoms with Crippen molar-refractivity contribution in [2.45, 2.75) is 62.4 Å². The van der Waals surface area contributed by atoms with E-state index < -0.39 is 34.6 Å². The maximum atomic E-state index is 14.2. The molecule has 2 fully saturated rings. The van der Waals surface area contributed by atoms with Gasteiger partial charge in [0.2, 0.25) is 0 Å². The van der Waals surface area contributed by atoms with Crippen LogP contribution in [0.3, 0.4) is 0 Å². The Hall–Kier alpha value is -7.46. The van der Waals surface area contributed by atoms with Crippen LogP contribution in [-0.2, 0) is 30.3 Å². The molecule has 7 N–H and O–H groups in total. The van der Waals surface area contributed by atoms with Crippen molar-refractivity contribution >= 4 is 51.5 Å². The topological polar surface area (TPSA) is 201 Å². The van der Waals surface area contributed by atoms with Crippen molar-refractivity contribution in [3.8, 4) is 6.07 Å². The van der Waals surface area contributed by atoms with Gasteiger partial charge in [-0.25, -0.2) is 0 Å². The van der Waals surface area contributed by atoms with E-state index in [2.05, 4.69) is 37.9 Å². The maximum Gasteiger partial charge on any atom is 0.416 e. The molecule has 2 aliphatic rings. The van der Waals surface area contributed by atoms with Gasteiger partial charge in [-0.05, 0) is 91.9 Å². The molecular weight excluding hydrogens is 874 g/mol. The second-order valence-electron chi connectivity index (χ2n) is 17.7. The van der Waals surface area contributed by atoms with Crippen LogP contribution in [0.5, 0.6) is 0 Å². The number of benzene rings is 4. The molecule has 0 unspecified atom stereocenters. The first-order chi connectivity index (χ1) is 32.8. The molecular formula is C50H51F3N12O3. The van der Waals surface area contributed by atoms with E-state index in [1.807, 2.05) is 54.6 Å². The number of nitrogens with one attached hydrogen (secondary N) is 3. The molecule has 15 nitrogen and oxygen atoms in total. The highest BCUT2D eigenvalue weighted by Crippen LogP contribution is 2.37. The predicted octanol–water partition coefficient (Wildman–Crippen LogP) is 8.54. The first kappa shape index (κ1) is 45.7. The zero-order valence-electron chi connectivity index (χ0n) is 37.2. The Bertz CT molecular complexity index is 2890. The van der Waals surface area contributed by atoms with Crippen LogP contribution in [0.4, 0.5) is 41.9 Å². The number of hydrogen-bond donors (Lipinski definition) is 5. The Morgan fingerprint density at radius 3 is 1.90 bits per heavy atom. The number of likely N-dealkylation sites (tertiary alicyclic amines) is 2. The van der Waals surface area contributed by atoms with E-state index in [1.54, 1.807) is 46.0 Å². The molecule has 350 valence electrons. The summed E-state index contributed by atoms with van der Waals surface area (Å²) in [5.74, 6) is 0.386. The minimum absolute atomic E-state index is 0.170. The van der Waals surface area contributed by atoms with Gasteiger partial charge in [0.15, 0.2) is 11.6 Å². The van der Waals surface area contributed by atoms with Gasteiger partial charge in [-0.3, -0.25) is 28.8 Å². The number of rotatable bonds is 15. The average molecular weight is 925 g/mol. The van der Waals surface area contributed by atoms with E-state index >= 15 is 0 Å². The normalized spacial score (nSPS) is 16.3. The smallest absolute Gasteiger partial charge is 0.416 e. The zero-order valence-corrected chi connectivity index (χ0v) is 37.2. The number of nitriles is 1. The van der Waals surface area contributed by atoms with Crippen molar-refractivity contribution in [1.82, 2.24) is 29.4 Å². The number of piperidine rings is 2. The number of aromatic nitrogens is 4. The Morgan fingerprint density at radius 1 is 0.721 bits per heavy atom. The molecule has 3 aromatic heterocycles. The predicted molar refractivity (Wildman–Crippen MR) is 252 cm³/mol. The first-order valence-corrected chi connectivity index (χ1v) is 22.5. The number of alkyl halides is 3. The van der Waals surface area contributed by atoms with Crippen LogP contribution < -0.4 is 27.4 Å². The fourth-order valence-electron chi connectivity index (χ4n) is 9.20. The lowest BCUT2D eigenvalue weighted by atomic mass is 9.85. The third kappa shape index (κ3) is 9.81. The van der Waals surface area contributed by atoms with E-state index in [0.29, 0.717) is 87.7 Å². The number of furan rings is 1. The minimum atomic E-state index is -4.39. The Morgan fingerprint density at radius 2 is 1.28 bits per heavy atom. The maximum absolute atomic E-state index is 14.2. The highest BCUT2D eigenvalue weighted by molar-refractivity contribution is 6.08. The Labute approximate surface area is 390 Å². The van der Waals surface area contributed by atoms with Crippen LogP contribution in [-0.4, -0.2) is 73.9 Å². The number of para-hydroxylation sites is 2. The van der Waals surface area contributed by atoms with Gasteiger partial charge in [0.25, 0.3) is 11.8 Å². The van der Waals surface area contributed by atoms with E-state index in [0.717, 1.165) is 40.1 Å². The first-order valence-electron chi connectivity index (χ1n) is 22.5. The second-order valence-corrected chi connectivity index (χ2v) is 17.7. The van der Waals surface area contributed by atoms with Gasteiger partial charge >= 0.3 is 6.18 Å². The van der Waals surface area contributed by atoms with Crippen molar-refractivity contribution in [3.05, 3.63) is 150 Å². The van der Waals surface area contributed by atoms with Crippen LogP contribution >= 0.6 is 0 Å². The van der Waals surface area contributed by atoms with E-state index in [9.17, 15) is 28.0 Å². The molecule has 0 bridgehead atoms. The number of amides is 2. The van der Waals surface area contributed by atoms with E-state index in [1.165, 1.54) is 12.1 Å². The minimum Gasteiger partial charge on any atom is -0.460 e. The Kier molecular flexibility index (Phi) is 12.8. The van der Waals surface area contributed by atoms with Crippen molar-refractivity contribution in [2.75, 3.05) is 48.7 Å². The van der Waals surface area contributed by atoms with Crippen LogP contribution in [0.1, 0.15) is 69.7 Å². The third-order valence-corrected chi connectivity index (χ3v) is 13.3. The monoisotopic (exact) mass is 924 g/mol. The van der Waals surface area contributed by atoms with Gasteiger partial charge in [-0.15, -0.1) is 0 Å². The van der Waals surface area contributed by atoms with Crippen LogP contribution in [0.2, 0.25) is 0 Å². The fraction of sp³-hybridized carbons (Fsp3) is 0.300. The van der Waals surface area contributed by atoms with Crippen molar-refractivity contribution in [1.29, 1.82) is 5.26 Å². The number of primary amides is 1. The number of halogens is 3. The summed E-state index contributed by atoms with van der Waals surface area (Å²) in [6.07, 6.45) is 1.59. The van der Waals surface area contributed by atoms with E-state index in [4.69, 9.17) is 26.1 Å². The molecule has 0 spiro atoms. The molecule has 18 heteroatoms. The highest BCUT2D eigenvalue weighted by atomic mass is 19.4. The molecule has 5 heterocycles. The summed E-state index contributed by atoms with van der Waals surface area (Å²) in [5.41, 5.74) is 14.2. The number of nitrogens with two attached hydrogens (primary N) is 2. The molecule has 2 amide bonds. The number of anilines is 5. The fourth-order valence-corrected chi connectivity index (χ4v) is 9.20. The number of carbonyl (C=O) groups excluding carboxylic acids is 2. The molecule has 4 aromatic carbocycles. The quantitative estimate of drug-likeness (QED) is 0.0660. The van der Waals surface area contributed by atoms with Gasteiger partial charge in [-0.1, -0.05) is 48.5 Å².